The molecule has 0 aromatic heterocycles. The Bertz CT molecular complexity index is 717. The van der Waals surface area contributed by atoms with Gasteiger partial charge in [-0.05, 0) is 18.4 Å². The van der Waals surface area contributed by atoms with Gasteiger partial charge in [-0.1, -0.05) is 55.4 Å². The summed E-state index contributed by atoms with van der Waals surface area (Å²) >= 11 is 1.21. The molecule has 0 fully saturated rings. The lowest BCUT2D eigenvalue weighted by atomic mass is 9.87. The van der Waals surface area contributed by atoms with E-state index in [1.807, 2.05) is 45.0 Å². The molecule has 0 aliphatic carbocycles. The molecule has 2 N–H and O–H groups in total. The second-order valence-electron chi connectivity index (χ2n) is 6.56. The van der Waals surface area contributed by atoms with E-state index in [0.29, 0.717) is 23.1 Å². The molecule has 2 rings (SSSR count). The van der Waals surface area contributed by atoms with Crippen LogP contribution in [0.3, 0.4) is 0 Å². The van der Waals surface area contributed by atoms with Crippen LogP contribution in [0.15, 0.2) is 34.9 Å². The number of carbonyl (C=O) groups excluding carboxylic acids is 2. The number of benzene rings is 1. The van der Waals surface area contributed by atoms with Crippen molar-refractivity contribution >= 4 is 23.6 Å². The Morgan fingerprint density at radius 3 is 2.68 bits per heavy atom. The lowest BCUT2D eigenvalue weighted by Gasteiger charge is -2.25. The number of hydrogen-bond donors (Lipinski definition) is 2. The van der Waals surface area contributed by atoms with E-state index < -0.39 is 0 Å². The number of rotatable bonds is 6. The molecule has 1 atom stereocenters. The van der Waals surface area contributed by atoms with Crippen LogP contribution in [0.1, 0.15) is 37.3 Å². The van der Waals surface area contributed by atoms with Crippen LogP contribution >= 0.6 is 11.8 Å². The fourth-order valence-corrected chi connectivity index (χ4v) is 3.43. The summed E-state index contributed by atoms with van der Waals surface area (Å²) in [6, 6.07) is 10.1. The van der Waals surface area contributed by atoms with E-state index in [1.165, 1.54) is 11.8 Å². The van der Waals surface area contributed by atoms with Crippen molar-refractivity contribution in [2.24, 2.45) is 5.92 Å². The zero-order valence-corrected chi connectivity index (χ0v) is 15.6. The van der Waals surface area contributed by atoms with Crippen LogP contribution in [-0.4, -0.2) is 24.1 Å². The predicted molar refractivity (Wildman–Crippen MR) is 99.6 cm³/mol. The quantitative estimate of drug-likeness (QED) is 0.820. The van der Waals surface area contributed by atoms with E-state index in [1.54, 1.807) is 0 Å². The molecule has 1 aromatic rings. The minimum absolute atomic E-state index is 0.102. The maximum absolute atomic E-state index is 12.1. The summed E-state index contributed by atoms with van der Waals surface area (Å²) in [5, 5.41) is 15.7. The first kappa shape index (κ1) is 19.1. The van der Waals surface area contributed by atoms with Crippen LogP contribution in [0, 0.1) is 24.2 Å². The Balaban J connectivity index is 2.16. The Hall–Kier alpha value is -2.26. The molecular weight excluding hydrogens is 334 g/mol. The van der Waals surface area contributed by atoms with Crippen LogP contribution in [0.25, 0.3) is 0 Å². The van der Waals surface area contributed by atoms with E-state index in [2.05, 4.69) is 16.7 Å². The minimum atomic E-state index is -0.263. The second-order valence-corrected chi connectivity index (χ2v) is 7.54. The third kappa shape index (κ3) is 5.36. The number of hydrogen-bond acceptors (Lipinski definition) is 4. The number of nitrogens with zero attached hydrogens (tertiary/aromatic N) is 1. The molecule has 0 radical (unpaired) electrons. The summed E-state index contributed by atoms with van der Waals surface area (Å²) in [5.74, 6) is 0.0577. The zero-order valence-electron chi connectivity index (χ0n) is 14.8. The number of allylic oxidation sites excluding steroid dienone is 1. The third-order valence-corrected chi connectivity index (χ3v) is 4.91. The molecule has 0 bridgehead atoms. The average Bonchev–Trinajstić information content (AvgIpc) is 2.58. The number of nitriles is 1. The summed E-state index contributed by atoms with van der Waals surface area (Å²) < 4.78 is 0. The molecule has 0 saturated carbocycles. The maximum Gasteiger partial charge on any atom is 0.230 e. The van der Waals surface area contributed by atoms with Crippen molar-refractivity contribution in [2.75, 3.05) is 12.3 Å². The molecule has 25 heavy (non-hydrogen) atoms. The fraction of sp³-hybridized carbons (Fsp3) is 0.421. The standard InChI is InChI=1S/C19H23N3O2S/c1-12(2)10-21-18(24)11-25-19-16(9-20)15(8-17(23)22-19)14-6-4-13(3)5-7-14/h4-7,12,15H,8,10-11H2,1-3H3,(H,21,24)(H,22,23)/t15-/m0/s1. The highest BCUT2D eigenvalue weighted by atomic mass is 32.2. The zero-order chi connectivity index (χ0) is 18.4. The lowest BCUT2D eigenvalue weighted by Crippen LogP contribution is -2.33. The van der Waals surface area contributed by atoms with Gasteiger partial charge in [-0.2, -0.15) is 5.26 Å². The fourth-order valence-electron chi connectivity index (χ4n) is 2.52. The molecule has 0 saturated heterocycles. The van der Waals surface area contributed by atoms with Gasteiger partial charge in [0.25, 0.3) is 0 Å². The minimum Gasteiger partial charge on any atom is -0.355 e. The molecular formula is C19H23N3O2S. The van der Waals surface area contributed by atoms with Gasteiger partial charge < -0.3 is 10.6 Å². The highest BCUT2D eigenvalue weighted by Crippen LogP contribution is 2.35. The molecule has 0 unspecified atom stereocenters. The van der Waals surface area contributed by atoms with E-state index in [0.717, 1.165) is 11.1 Å². The van der Waals surface area contributed by atoms with Crippen molar-refractivity contribution in [3.63, 3.8) is 0 Å². The number of amides is 2. The first-order chi connectivity index (χ1) is 11.9. The van der Waals surface area contributed by atoms with Crippen molar-refractivity contribution < 1.29 is 9.59 Å². The molecule has 5 nitrogen and oxygen atoms in total. The van der Waals surface area contributed by atoms with Crippen LogP contribution in [0.2, 0.25) is 0 Å². The van der Waals surface area contributed by atoms with Gasteiger partial charge in [0.15, 0.2) is 0 Å². The van der Waals surface area contributed by atoms with Crippen LogP contribution in [0.4, 0.5) is 0 Å². The Labute approximate surface area is 152 Å². The van der Waals surface area contributed by atoms with E-state index >= 15 is 0 Å². The summed E-state index contributed by atoms with van der Waals surface area (Å²) in [7, 11) is 0. The van der Waals surface area contributed by atoms with Crippen molar-refractivity contribution in [3.8, 4) is 6.07 Å². The molecule has 2 amide bonds. The highest BCUT2D eigenvalue weighted by molar-refractivity contribution is 8.03. The van der Waals surface area contributed by atoms with Gasteiger partial charge in [0.05, 0.1) is 22.4 Å². The largest absolute Gasteiger partial charge is 0.355 e. The summed E-state index contributed by atoms with van der Waals surface area (Å²) in [5.41, 5.74) is 2.59. The van der Waals surface area contributed by atoms with Crippen LogP contribution < -0.4 is 10.6 Å². The molecule has 6 heteroatoms. The van der Waals surface area contributed by atoms with Gasteiger partial charge in [-0.25, -0.2) is 0 Å². The topological polar surface area (TPSA) is 82.0 Å². The van der Waals surface area contributed by atoms with Crippen molar-refractivity contribution in [2.45, 2.75) is 33.1 Å². The van der Waals surface area contributed by atoms with Crippen molar-refractivity contribution in [1.29, 1.82) is 5.26 Å². The number of carbonyl (C=O) groups is 2. The van der Waals surface area contributed by atoms with Crippen LogP contribution in [-0.2, 0) is 9.59 Å². The monoisotopic (exact) mass is 357 g/mol. The summed E-state index contributed by atoms with van der Waals surface area (Å²) in [6.07, 6.45) is 0.246. The highest BCUT2D eigenvalue weighted by Gasteiger charge is 2.29. The molecule has 1 aliphatic rings. The number of aryl methyl sites for hydroxylation is 1. The summed E-state index contributed by atoms with van der Waals surface area (Å²) in [6.45, 7) is 6.66. The molecule has 1 heterocycles. The third-order valence-electron chi connectivity index (χ3n) is 3.89. The smallest absolute Gasteiger partial charge is 0.230 e. The van der Waals surface area contributed by atoms with E-state index in [-0.39, 0.29) is 29.9 Å². The SMILES string of the molecule is Cc1ccc([C@@H]2CC(=O)NC(SCC(=O)NCC(C)C)=C2C#N)cc1. The Morgan fingerprint density at radius 2 is 2.08 bits per heavy atom. The van der Waals surface area contributed by atoms with Gasteiger partial charge in [-0.15, -0.1) is 0 Å². The van der Waals surface area contributed by atoms with Gasteiger partial charge in [-0.3, -0.25) is 9.59 Å². The first-order valence-electron chi connectivity index (χ1n) is 8.31. The van der Waals surface area contributed by atoms with Gasteiger partial charge >= 0.3 is 0 Å². The number of nitrogens with one attached hydrogen (secondary N) is 2. The van der Waals surface area contributed by atoms with Crippen molar-refractivity contribution in [3.05, 3.63) is 46.0 Å². The average molecular weight is 357 g/mol. The van der Waals surface area contributed by atoms with Gasteiger partial charge in [0, 0.05) is 18.9 Å². The first-order valence-corrected chi connectivity index (χ1v) is 9.29. The van der Waals surface area contributed by atoms with E-state index in [9.17, 15) is 14.9 Å². The maximum atomic E-state index is 12.1. The summed E-state index contributed by atoms with van der Waals surface area (Å²) in [4.78, 5) is 24.0. The Kier molecular flexibility index (Phi) is 6.65. The lowest BCUT2D eigenvalue weighted by molar-refractivity contribution is -0.121. The number of thioether (sulfide) groups is 1. The normalized spacial score (nSPS) is 17.2. The van der Waals surface area contributed by atoms with Crippen LogP contribution in [0.5, 0.6) is 0 Å². The molecule has 0 spiro atoms. The molecule has 1 aromatic carbocycles. The molecule has 132 valence electrons. The van der Waals surface area contributed by atoms with Crippen molar-refractivity contribution in [1.82, 2.24) is 10.6 Å². The van der Waals surface area contributed by atoms with E-state index in [4.69, 9.17) is 0 Å². The molecule has 1 aliphatic heterocycles. The van der Waals surface area contributed by atoms with Gasteiger partial charge in [0.1, 0.15) is 0 Å². The van der Waals surface area contributed by atoms with Gasteiger partial charge in [0.2, 0.25) is 11.8 Å². The predicted octanol–water partition coefficient (Wildman–Crippen LogP) is 2.84. The second kappa shape index (κ2) is 8.72. The Morgan fingerprint density at radius 1 is 1.40 bits per heavy atom.